The van der Waals surface area contributed by atoms with E-state index in [1.165, 1.54) is 4.90 Å². The van der Waals surface area contributed by atoms with Crippen LogP contribution in [0.3, 0.4) is 0 Å². The molecule has 2 aromatic rings. The first-order chi connectivity index (χ1) is 16.3. The van der Waals surface area contributed by atoms with E-state index in [0.717, 1.165) is 10.9 Å². The lowest BCUT2D eigenvalue weighted by atomic mass is 9.99. The van der Waals surface area contributed by atoms with Crippen LogP contribution in [-0.4, -0.2) is 57.7 Å². The van der Waals surface area contributed by atoms with E-state index in [1.54, 1.807) is 51.1 Å². The number of nitrogens with zero attached hydrogens (tertiary/aromatic N) is 3. The van der Waals surface area contributed by atoms with Crippen molar-refractivity contribution in [3.63, 3.8) is 0 Å². The van der Waals surface area contributed by atoms with Crippen molar-refractivity contribution in [3.05, 3.63) is 47.8 Å². The summed E-state index contributed by atoms with van der Waals surface area (Å²) in [6, 6.07) is 8.17. The van der Waals surface area contributed by atoms with E-state index in [0.29, 0.717) is 18.7 Å². The zero-order valence-corrected chi connectivity index (χ0v) is 19.9. The number of carbonyl (C=O) groups excluding carboxylic acids is 3. The van der Waals surface area contributed by atoms with Crippen molar-refractivity contribution >= 4 is 17.8 Å². The monoisotopic (exact) mass is 494 g/mol. The molecule has 0 radical (unpaired) electrons. The standard InChI is InChI=1S/C24H29F3N4O4/c1-23(2,3)35-22(34)30-13-11-16(14-30)19(32)10-7-12-28-21(33)18-15-31(17-8-5-4-6-9-17)29-20(18)24(25,26)27/h4-6,8-9,15-16H,7,10-14H2,1-3H3,(H,28,33). The fourth-order valence-electron chi connectivity index (χ4n) is 3.74. The van der Waals surface area contributed by atoms with Crippen LogP contribution in [0.2, 0.25) is 0 Å². The maximum Gasteiger partial charge on any atom is 0.435 e. The van der Waals surface area contributed by atoms with E-state index in [1.807, 2.05) is 0 Å². The lowest BCUT2D eigenvalue weighted by molar-refractivity contribution is -0.141. The molecule has 0 saturated carbocycles. The number of carbonyl (C=O) groups is 3. The minimum absolute atomic E-state index is 0.0287. The van der Waals surface area contributed by atoms with E-state index in [2.05, 4.69) is 10.4 Å². The second-order valence-corrected chi connectivity index (χ2v) is 9.41. The molecule has 1 atom stereocenters. The van der Waals surface area contributed by atoms with Gasteiger partial charge in [0.2, 0.25) is 0 Å². The number of para-hydroxylation sites is 1. The highest BCUT2D eigenvalue weighted by molar-refractivity contribution is 5.95. The van der Waals surface area contributed by atoms with Crippen molar-refractivity contribution in [2.75, 3.05) is 19.6 Å². The van der Waals surface area contributed by atoms with Gasteiger partial charge in [-0.15, -0.1) is 0 Å². The molecule has 190 valence electrons. The number of nitrogens with one attached hydrogen (secondary N) is 1. The number of Topliss-reactive ketones (excluding diaryl/α,β-unsaturated/α-hetero) is 1. The van der Waals surface area contributed by atoms with Gasteiger partial charge in [0.1, 0.15) is 11.4 Å². The van der Waals surface area contributed by atoms with Gasteiger partial charge in [-0.2, -0.15) is 18.3 Å². The Balaban J connectivity index is 1.51. The van der Waals surface area contributed by atoms with Crippen LogP contribution in [0.15, 0.2) is 36.5 Å². The summed E-state index contributed by atoms with van der Waals surface area (Å²) in [5.41, 5.74) is -2.10. The topological polar surface area (TPSA) is 93.5 Å². The number of likely N-dealkylation sites (tertiary alicyclic amines) is 1. The molecule has 2 amide bonds. The first kappa shape index (κ1) is 26.2. The van der Waals surface area contributed by atoms with Crippen LogP contribution in [0.4, 0.5) is 18.0 Å². The number of aromatic nitrogens is 2. The fraction of sp³-hybridized carbons (Fsp3) is 0.500. The molecule has 1 fully saturated rings. The SMILES string of the molecule is CC(C)(C)OC(=O)N1CCC(C(=O)CCCNC(=O)c2cn(-c3ccccc3)nc2C(F)(F)F)C1. The third kappa shape index (κ3) is 7.06. The summed E-state index contributed by atoms with van der Waals surface area (Å²) >= 11 is 0. The molecule has 1 N–H and O–H groups in total. The van der Waals surface area contributed by atoms with Gasteiger partial charge in [-0.25, -0.2) is 9.48 Å². The molecule has 1 unspecified atom stereocenters. The molecular weight excluding hydrogens is 465 g/mol. The van der Waals surface area contributed by atoms with Crippen molar-refractivity contribution in [3.8, 4) is 5.69 Å². The van der Waals surface area contributed by atoms with Gasteiger partial charge in [-0.3, -0.25) is 9.59 Å². The van der Waals surface area contributed by atoms with Crippen LogP contribution in [0.25, 0.3) is 5.69 Å². The molecule has 0 spiro atoms. The van der Waals surface area contributed by atoms with Gasteiger partial charge in [-0.1, -0.05) is 18.2 Å². The number of alkyl halides is 3. The van der Waals surface area contributed by atoms with E-state index in [9.17, 15) is 27.6 Å². The molecule has 2 heterocycles. The molecule has 1 aromatic heterocycles. The van der Waals surface area contributed by atoms with E-state index in [-0.39, 0.29) is 37.6 Å². The fourth-order valence-corrected chi connectivity index (χ4v) is 3.74. The summed E-state index contributed by atoms with van der Waals surface area (Å²) in [7, 11) is 0. The Hall–Kier alpha value is -3.37. The summed E-state index contributed by atoms with van der Waals surface area (Å²) in [6.07, 6.45) is -3.29. The number of halogens is 3. The highest BCUT2D eigenvalue weighted by atomic mass is 19.4. The molecule has 1 aliphatic rings. The normalized spacial score (nSPS) is 16.3. The Morgan fingerprint density at radius 1 is 1.14 bits per heavy atom. The third-order valence-electron chi connectivity index (χ3n) is 5.43. The molecule has 3 rings (SSSR count). The van der Waals surface area contributed by atoms with Gasteiger partial charge >= 0.3 is 12.3 Å². The number of ketones is 1. The lowest BCUT2D eigenvalue weighted by Crippen LogP contribution is -2.36. The smallest absolute Gasteiger partial charge is 0.435 e. The molecular formula is C24H29F3N4O4. The van der Waals surface area contributed by atoms with Crippen LogP contribution >= 0.6 is 0 Å². The highest BCUT2D eigenvalue weighted by Crippen LogP contribution is 2.31. The van der Waals surface area contributed by atoms with E-state index < -0.39 is 35.0 Å². The second-order valence-electron chi connectivity index (χ2n) is 9.41. The number of benzene rings is 1. The van der Waals surface area contributed by atoms with Gasteiger partial charge in [0, 0.05) is 38.2 Å². The van der Waals surface area contributed by atoms with Crippen LogP contribution in [0.1, 0.15) is 56.1 Å². The van der Waals surface area contributed by atoms with Crippen LogP contribution in [-0.2, 0) is 15.7 Å². The van der Waals surface area contributed by atoms with Gasteiger partial charge in [0.15, 0.2) is 5.69 Å². The maximum atomic E-state index is 13.4. The quantitative estimate of drug-likeness (QED) is 0.582. The third-order valence-corrected chi connectivity index (χ3v) is 5.43. The summed E-state index contributed by atoms with van der Waals surface area (Å²) < 4.78 is 46.7. The molecule has 35 heavy (non-hydrogen) atoms. The average Bonchev–Trinajstić information content (AvgIpc) is 3.44. The number of amides is 2. The zero-order chi connectivity index (χ0) is 25.8. The lowest BCUT2D eigenvalue weighted by Gasteiger charge is -2.24. The molecule has 1 saturated heterocycles. The highest BCUT2D eigenvalue weighted by Gasteiger charge is 2.39. The number of hydrogen-bond donors (Lipinski definition) is 1. The van der Waals surface area contributed by atoms with Gasteiger partial charge in [0.25, 0.3) is 5.91 Å². The van der Waals surface area contributed by atoms with E-state index in [4.69, 9.17) is 4.74 Å². The van der Waals surface area contributed by atoms with Crippen molar-refractivity contribution in [1.82, 2.24) is 20.0 Å². The average molecular weight is 495 g/mol. The van der Waals surface area contributed by atoms with Crippen LogP contribution in [0.5, 0.6) is 0 Å². The zero-order valence-electron chi connectivity index (χ0n) is 19.9. The minimum atomic E-state index is -4.80. The van der Waals surface area contributed by atoms with Crippen molar-refractivity contribution < 1.29 is 32.3 Å². The molecule has 11 heteroatoms. The summed E-state index contributed by atoms with van der Waals surface area (Å²) in [4.78, 5) is 38.6. The predicted molar refractivity (Wildman–Crippen MR) is 121 cm³/mol. The Bertz CT molecular complexity index is 1060. The van der Waals surface area contributed by atoms with E-state index >= 15 is 0 Å². The Kier molecular flexibility index (Phi) is 7.86. The van der Waals surface area contributed by atoms with Crippen LogP contribution in [0, 0.1) is 5.92 Å². The predicted octanol–water partition coefficient (Wildman–Crippen LogP) is 4.23. The molecule has 1 aromatic carbocycles. The summed E-state index contributed by atoms with van der Waals surface area (Å²) in [5.74, 6) is -1.29. The van der Waals surface area contributed by atoms with Gasteiger partial charge in [0.05, 0.1) is 11.3 Å². The molecule has 1 aliphatic heterocycles. The van der Waals surface area contributed by atoms with Gasteiger partial charge in [-0.05, 0) is 45.7 Å². The largest absolute Gasteiger partial charge is 0.444 e. The first-order valence-corrected chi connectivity index (χ1v) is 11.4. The Morgan fingerprint density at radius 2 is 1.83 bits per heavy atom. The Labute approximate surface area is 201 Å². The van der Waals surface area contributed by atoms with Crippen LogP contribution < -0.4 is 5.32 Å². The van der Waals surface area contributed by atoms with Gasteiger partial charge < -0.3 is 15.0 Å². The summed E-state index contributed by atoms with van der Waals surface area (Å²) in [5, 5.41) is 6.01. The maximum absolute atomic E-state index is 13.4. The first-order valence-electron chi connectivity index (χ1n) is 11.4. The number of rotatable bonds is 7. The molecule has 8 nitrogen and oxygen atoms in total. The number of hydrogen-bond acceptors (Lipinski definition) is 5. The minimum Gasteiger partial charge on any atom is -0.444 e. The molecule has 0 aliphatic carbocycles. The number of ether oxygens (including phenoxy) is 1. The van der Waals surface area contributed by atoms with Crippen molar-refractivity contribution in [2.24, 2.45) is 5.92 Å². The van der Waals surface area contributed by atoms with Crippen molar-refractivity contribution in [2.45, 2.75) is 51.8 Å². The van der Waals surface area contributed by atoms with Crippen molar-refractivity contribution in [1.29, 1.82) is 0 Å². The molecule has 0 bridgehead atoms. The second kappa shape index (κ2) is 10.5. The Morgan fingerprint density at radius 3 is 2.46 bits per heavy atom. The summed E-state index contributed by atoms with van der Waals surface area (Å²) in [6.45, 7) is 6.02.